The number of nitrogens with zero attached hydrogens (tertiary/aromatic N) is 5. The highest BCUT2D eigenvalue weighted by molar-refractivity contribution is 5.94. The monoisotopic (exact) mass is 424 g/mol. The second kappa shape index (κ2) is 8.60. The summed E-state index contributed by atoms with van der Waals surface area (Å²) in [4.78, 5) is 12.4. The molecule has 1 fully saturated rings. The second-order valence-corrected chi connectivity index (χ2v) is 7.70. The lowest BCUT2D eigenvalue weighted by atomic mass is 10.00. The molecule has 2 heterocycles. The SMILES string of the molecule is CC(C)C1CN(c2nc3ccccc3o2)CCN1/C(=N\C#N)Nc1cc(F)ccc1F. The Morgan fingerprint density at radius 2 is 2.06 bits per heavy atom. The fourth-order valence-electron chi connectivity index (χ4n) is 3.74. The van der Waals surface area contributed by atoms with Crippen LogP contribution in [-0.2, 0) is 0 Å². The molecule has 7 nitrogen and oxygen atoms in total. The van der Waals surface area contributed by atoms with Crippen LogP contribution >= 0.6 is 0 Å². The molecule has 0 spiro atoms. The first-order chi connectivity index (χ1) is 15.0. The van der Waals surface area contributed by atoms with Gasteiger partial charge in [-0.25, -0.2) is 8.78 Å². The Labute approximate surface area is 178 Å². The maximum Gasteiger partial charge on any atom is 0.298 e. The molecule has 4 rings (SSSR count). The minimum absolute atomic E-state index is 0.0695. The zero-order chi connectivity index (χ0) is 22.0. The smallest absolute Gasteiger partial charge is 0.298 e. The predicted molar refractivity (Wildman–Crippen MR) is 115 cm³/mol. The fraction of sp³-hybridized carbons (Fsp3) is 0.318. The number of aliphatic imine (C=N–C) groups is 1. The highest BCUT2D eigenvalue weighted by atomic mass is 19.1. The van der Waals surface area contributed by atoms with Crippen LogP contribution in [0.3, 0.4) is 0 Å². The van der Waals surface area contributed by atoms with E-state index < -0.39 is 11.6 Å². The van der Waals surface area contributed by atoms with Crippen LogP contribution in [0.2, 0.25) is 0 Å². The van der Waals surface area contributed by atoms with Crippen molar-refractivity contribution in [3.05, 3.63) is 54.1 Å². The number of hydrogen-bond acceptors (Lipinski definition) is 5. The van der Waals surface area contributed by atoms with Crippen LogP contribution in [0, 0.1) is 29.0 Å². The van der Waals surface area contributed by atoms with Crippen molar-refractivity contribution >= 4 is 28.8 Å². The molecule has 3 aromatic rings. The number of anilines is 2. The van der Waals surface area contributed by atoms with Gasteiger partial charge in [0.05, 0.1) is 11.7 Å². The highest BCUT2D eigenvalue weighted by Crippen LogP contribution is 2.27. The van der Waals surface area contributed by atoms with E-state index in [1.165, 1.54) is 0 Å². The lowest BCUT2D eigenvalue weighted by Crippen LogP contribution is -2.58. The summed E-state index contributed by atoms with van der Waals surface area (Å²) >= 11 is 0. The lowest BCUT2D eigenvalue weighted by molar-refractivity contribution is 0.220. The number of para-hydroxylation sites is 2. The molecule has 9 heteroatoms. The van der Waals surface area contributed by atoms with E-state index in [0.717, 1.165) is 29.3 Å². The quantitative estimate of drug-likeness (QED) is 0.386. The molecule has 1 unspecified atom stereocenters. The van der Waals surface area contributed by atoms with Gasteiger partial charge in [-0.2, -0.15) is 10.2 Å². The van der Waals surface area contributed by atoms with Gasteiger partial charge in [-0.1, -0.05) is 26.0 Å². The highest BCUT2D eigenvalue weighted by Gasteiger charge is 2.33. The van der Waals surface area contributed by atoms with Gasteiger partial charge in [0.2, 0.25) is 12.2 Å². The molecule has 1 atom stereocenters. The Hall–Kier alpha value is -3.67. The Kier molecular flexibility index (Phi) is 5.71. The molecule has 1 aliphatic rings. The van der Waals surface area contributed by atoms with Gasteiger partial charge in [-0.3, -0.25) is 0 Å². The number of nitriles is 1. The van der Waals surface area contributed by atoms with Crippen molar-refractivity contribution in [2.24, 2.45) is 10.9 Å². The molecule has 1 aromatic heterocycles. The largest absolute Gasteiger partial charge is 0.423 e. The van der Waals surface area contributed by atoms with Crippen LogP contribution in [0.25, 0.3) is 11.1 Å². The summed E-state index contributed by atoms with van der Waals surface area (Å²) in [5.74, 6) is -0.849. The van der Waals surface area contributed by atoms with Gasteiger partial charge in [0.15, 0.2) is 5.58 Å². The standard InChI is InChI=1S/C22H22F2N6O/c1-14(2)19-12-29(22-28-17-5-3-4-6-20(17)31-22)9-10-30(19)21(26-13-25)27-18-11-15(23)7-8-16(18)24/h3-8,11,14,19H,9-10,12H2,1-2H3,(H,26,27). The van der Waals surface area contributed by atoms with E-state index in [4.69, 9.17) is 4.42 Å². The van der Waals surface area contributed by atoms with Gasteiger partial charge in [0, 0.05) is 25.7 Å². The van der Waals surface area contributed by atoms with E-state index in [-0.39, 0.29) is 23.6 Å². The van der Waals surface area contributed by atoms with E-state index >= 15 is 0 Å². The molecule has 0 radical (unpaired) electrons. The first-order valence-electron chi connectivity index (χ1n) is 10.0. The zero-order valence-corrected chi connectivity index (χ0v) is 17.2. The Balaban J connectivity index is 1.59. The van der Waals surface area contributed by atoms with E-state index in [9.17, 15) is 14.0 Å². The van der Waals surface area contributed by atoms with E-state index in [1.807, 2.05) is 34.1 Å². The maximum absolute atomic E-state index is 14.2. The minimum Gasteiger partial charge on any atom is -0.423 e. The molecule has 0 bridgehead atoms. The van der Waals surface area contributed by atoms with Gasteiger partial charge >= 0.3 is 0 Å². The molecule has 1 saturated heterocycles. The first kappa shape index (κ1) is 20.6. The van der Waals surface area contributed by atoms with Crippen molar-refractivity contribution in [2.45, 2.75) is 19.9 Å². The molecule has 1 aliphatic heterocycles. The molecule has 1 N–H and O–H groups in total. The number of hydrogen-bond donors (Lipinski definition) is 1. The van der Waals surface area contributed by atoms with Crippen molar-refractivity contribution in [2.75, 3.05) is 29.9 Å². The Bertz CT molecular complexity index is 1120. The number of piperazine rings is 1. The van der Waals surface area contributed by atoms with Crippen LogP contribution in [0.4, 0.5) is 20.5 Å². The second-order valence-electron chi connectivity index (χ2n) is 7.70. The Morgan fingerprint density at radius 3 is 2.81 bits per heavy atom. The van der Waals surface area contributed by atoms with Gasteiger partial charge in [0.25, 0.3) is 6.01 Å². The molecule has 31 heavy (non-hydrogen) atoms. The third-order valence-electron chi connectivity index (χ3n) is 5.34. The van der Waals surface area contributed by atoms with Crippen molar-refractivity contribution in [3.63, 3.8) is 0 Å². The number of halogens is 2. The summed E-state index contributed by atoms with van der Waals surface area (Å²) in [7, 11) is 0. The number of nitrogens with one attached hydrogen (secondary N) is 1. The summed E-state index contributed by atoms with van der Waals surface area (Å²) < 4.78 is 33.7. The molecule has 0 amide bonds. The topological polar surface area (TPSA) is 80.7 Å². The molecular weight excluding hydrogens is 402 g/mol. The first-order valence-corrected chi connectivity index (χ1v) is 10.0. The summed E-state index contributed by atoms with van der Waals surface area (Å²) in [6.45, 7) is 5.74. The van der Waals surface area contributed by atoms with Crippen LogP contribution in [0.15, 0.2) is 51.9 Å². The number of benzene rings is 2. The molecular formula is C22H22F2N6O. The fourth-order valence-corrected chi connectivity index (χ4v) is 3.74. The summed E-state index contributed by atoms with van der Waals surface area (Å²) in [6.07, 6.45) is 1.76. The maximum atomic E-state index is 14.2. The molecule has 0 aliphatic carbocycles. The van der Waals surface area contributed by atoms with E-state index in [1.54, 1.807) is 6.19 Å². The number of fused-ring (bicyclic) bond motifs is 1. The van der Waals surface area contributed by atoms with Gasteiger partial charge in [-0.15, -0.1) is 4.99 Å². The van der Waals surface area contributed by atoms with Crippen LogP contribution < -0.4 is 10.2 Å². The lowest BCUT2D eigenvalue weighted by Gasteiger charge is -2.44. The van der Waals surface area contributed by atoms with E-state index in [0.29, 0.717) is 25.6 Å². The average Bonchev–Trinajstić information content (AvgIpc) is 3.20. The zero-order valence-electron chi connectivity index (χ0n) is 17.2. The third kappa shape index (κ3) is 4.28. The molecule has 160 valence electrons. The van der Waals surface area contributed by atoms with Crippen molar-refractivity contribution in [1.82, 2.24) is 9.88 Å². The van der Waals surface area contributed by atoms with Crippen LogP contribution in [-0.4, -0.2) is 41.5 Å². The van der Waals surface area contributed by atoms with E-state index in [2.05, 4.69) is 29.1 Å². The number of aromatic nitrogens is 1. The minimum atomic E-state index is -0.627. The number of oxazole rings is 1. The van der Waals surface area contributed by atoms with Gasteiger partial charge in [-0.05, 0) is 30.2 Å². The number of rotatable bonds is 3. The van der Waals surface area contributed by atoms with Crippen molar-refractivity contribution in [1.29, 1.82) is 5.26 Å². The van der Waals surface area contributed by atoms with Crippen LogP contribution in [0.5, 0.6) is 0 Å². The number of guanidine groups is 1. The third-order valence-corrected chi connectivity index (χ3v) is 5.34. The summed E-state index contributed by atoms with van der Waals surface area (Å²) in [5.41, 5.74) is 1.44. The molecule has 2 aromatic carbocycles. The summed E-state index contributed by atoms with van der Waals surface area (Å²) in [5, 5.41) is 12.0. The summed E-state index contributed by atoms with van der Waals surface area (Å²) in [6, 6.07) is 11.2. The van der Waals surface area contributed by atoms with Gasteiger partial charge < -0.3 is 19.5 Å². The van der Waals surface area contributed by atoms with Crippen LogP contribution in [0.1, 0.15) is 13.8 Å². The Morgan fingerprint density at radius 1 is 1.26 bits per heavy atom. The van der Waals surface area contributed by atoms with Crippen molar-refractivity contribution < 1.29 is 13.2 Å². The average molecular weight is 424 g/mol. The molecule has 0 saturated carbocycles. The normalized spacial score (nSPS) is 17.3. The van der Waals surface area contributed by atoms with Gasteiger partial charge in [0.1, 0.15) is 17.2 Å². The predicted octanol–water partition coefficient (Wildman–Crippen LogP) is 4.20. The van der Waals surface area contributed by atoms with Crippen molar-refractivity contribution in [3.8, 4) is 6.19 Å².